The van der Waals surface area contributed by atoms with Crippen molar-refractivity contribution < 1.29 is 4.74 Å². The standard InChI is InChI=1S/C19H27NO/c1-19(2)10-16-9-14(4-6-18(16)21-19)11-20-12-17-8-13-3-5-15(17)7-13/h4,6,9,13,15,17,20H,3,5,7-8,10-12H2,1-2H3. The van der Waals surface area contributed by atoms with E-state index in [1.807, 2.05) is 0 Å². The molecule has 0 spiro atoms. The van der Waals surface area contributed by atoms with E-state index in [0.29, 0.717) is 0 Å². The minimum absolute atomic E-state index is 0.0303. The third kappa shape index (κ3) is 2.70. The van der Waals surface area contributed by atoms with E-state index in [4.69, 9.17) is 4.74 Å². The van der Waals surface area contributed by atoms with Crippen LogP contribution in [0.2, 0.25) is 0 Å². The molecular formula is C19H27NO. The smallest absolute Gasteiger partial charge is 0.123 e. The fourth-order valence-corrected chi connectivity index (χ4v) is 4.80. The molecule has 0 aromatic heterocycles. The maximum absolute atomic E-state index is 5.95. The lowest BCUT2D eigenvalue weighted by Gasteiger charge is -2.22. The van der Waals surface area contributed by atoms with E-state index >= 15 is 0 Å². The Kier molecular flexibility index (Phi) is 3.25. The Labute approximate surface area is 128 Å². The van der Waals surface area contributed by atoms with Crippen molar-refractivity contribution in [3.8, 4) is 5.75 Å². The summed E-state index contributed by atoms with van der Waals surface area (Å²) < 4.78 is 5.95. The number of hydrogen-bond acceptors (Lipinski definition) is 2. The van der Waals surface area contributed by atoms with Gasteiger partial charge < -0.3 is 10.1 Å². The van der Waals surface area contributed by atoms with Crippen molar-refractivity contribution in [1.29, 1.82) is 0 Å². The summed E-state index contributed by atoms with van der Waals surface area (Å²) in [5.74, 6) is 4.11. The fourth-order valence-electron chi connectivity index (χ4n) is 4.80. The van der Waals surface area contributed by atoms with Gasteiger partial charge in [-0.2, -0.15) is 0 Å². The van der Waals surface area contributed by atoms with Crippen molar-refractivity contribution in [1.82, 2.24) is 5.32 Å². The van der Waals surface area contributed by atoms with Gasteiger partial charge in [0.1, 0.15) is 11.4 Å². The minimum atomic E-state index is -0.0303. The molecule has 1 aromatic rings. The molecule has 0 saturated heterocycles. The summed E-state index contributed by atoms with van der Waals surface area (Å²) in [6.07, 6.45) is 7.01. The third-order valence-corrected chi connectivity index (χ3v) is 5.75. The Hall–Kier alpha value is -1.02. The van der Waals surface area contributed by atoms with Crippen LogP contribution in [-0.2, 0) is 13.0 Å². The Morgan fingerprint density at radius 2 is 2.14 bits per heavy atom. The molecule has 1 aromatic carbocycles. The first-order chi connectivity index (χ1) is 10.1. The van der Waals surface area contributed by atoms with Crippen LogP contribution in [0.25, 0.3) is 0 Å². The molecular weight excluding hydrogens is 258 g/mol. The second-order valence-corrected chi connectivity index (χ2v) is 8.05. The summed E-state index contributed by atoms with van der Waals surface area (Å²) in [6.45, 7) is 6.54. The highest BCUT2D eigenvalue weighted by atomic mass is 16.5. The average Bonchev–Trinajstić information content (AvgIpc) is 3.10. The first kappa shape index (κ1) is 13.6. The maximum Gasteiger partial charge on any atom is 0.123 e. The summed E-state index contributed by atoms with van der Waals surface area (Å²) in [7, 11) is 0. The molecule has 2 nitrogen and oxygen atoms in total. The number of fused-ring (bicyclic) bond motifs is 3. The molecule has 2 bridgehead atoms. The molecule has 2 heteroatoms. The Morgan fingerprint density at radius 1 is 1.24 bits per heavy atom. The van der Waals surface area contributed by atoms with Crippen molar-refractivity contribution in [2.45, 2.75) is 58.1 Å². The number of nitrogens with one attached hydrogen (secondary N) is 1. The van der Waals surface area contributed by atoms with Gasteiger partial charge in [0.25, 0.3) is 0 Å². The van der Waals surface area contributed by atoms with Gasteiger partial charge in [-0.05, 0) is 74.6 Å². The van der Waals surface area contributed by atoms with Crippen molar-refractivity contribution in [3.63, 3.8) is 0 Å². The van der Waals surface area contributed by atoms with Crippen molar-refractivity contribution in [3.05, 3.63) is 29.3 Å². The van der Waals surface area contributed by atoms with Crippen molar-refractivity contribution >= 4 is 0 Å². The predicted molar refractivity (Wildman–Crippen MR) is 85.5 cm³/mol. The largest absolute Gasteiger partial charge is 0.487 e. The first-order valence-electron chi connectivity index (χ1n) is 8.61. The van der Waals surface area contributed by atoms with E-state index in [1.165, 1.54) is 43.4 Å². The van der Waals surface area contributed by atoms with E-state index in [0.717, 1.165) is 36.5 Å². The molecule has 4 rings (SSSR count). The lowest BCUT2D eigenvalue weighted by atomic mass is 9.89. The summed E-state index contributed by atoms with van der Waals surface area (Å²) in [4.78, 5) is 0. The molecule has 3 atom stereocenters. The van der Waals surface area contributed by atoms with Gasteiger partial charge >= 0.3 is 0 Å². The van der Waals surface area contributed by atoms with Gasteiger partial charge in [0.2, 0.25) is 0 Å². The van der Waals surface area contributed by atoms with Gasteiger partial charge in [0.05, 0.1) is 0 Å². The van der Waals surface area contributed by atoms with Crippen LogP contribution in [0, 0.1) is 17.8 Å². The Bertz CT molecular complexity index is 536. The zero-order valence-corrected chi connectivity index (χ0v) is 13.3. The third-order valence-electron chi connectivity index (χ3n) is 5.75. The van der Waals surface area contributed by atoms with Crippen LogP contribution >= 0.6 is 0 Å². The summed E-state index contributed by atoms with van der Waals surface area (Å²) in [6, 6.07) is 6.70. The number of ether oxygens (including phenoxy) is 1. The topological polar surface area (TPSA) is 21.3 Å². The molecule has 3 unspecified atom stereocenters. The van der Waals surface area contributed by atoms with Crippen molar-refractivity contribution in [2.24, 2.45) is 17.8 Å². The Balaban J connectivity index is 1.32. The summed E-state index contributed by atoms with van der Waals surface area (Å²) in [5.41, 5.74) is 2.75. The zero-order valence-electron chi connectivity index (χ0n) is 13.3. The SMILES string of the molecule is CC1(C)Cc2cc(CNCC3CC4CCC3C4)ccc2O1. The molecule has 0 radical (unpaired) electrons. The fraction of sp³-hybridized carbons (Fsp3) is 0.684. The van der Waals surface area contributed by atoms with Gasteiger partial charge in [-0.25, -0.2) is 0 Å². The maximum atomic E-state index is 5.95. The molecule has 1 heterocycles. The van der Waals surface area contributed by atoms with Crippen LogP contribution < -0.4 is 10.1 Å². The lowest BCUT2D eigenvalue weighted by Crippen LogP contribution is -2.26. The first-order valence-corrected chi connectivity index (χ1v) is 8.61. The van der Waals surface area contributed by atoms with Crippen LogP contribution in [0.1, 0.15) is 50.7 Å². The van der Waals surface area contributed by atoms with Crippen LogP contribution in [0.4, 0.5) is 0 Å². The summed E-state index contributed by atoms with van der Waals surface area (Å²) in [5, 5.41) is 3.70. The van der Waals surface area contributed by atoms with E-state index < -0.39 is 0 Å². The molecule has 1 aliphatic heterocycles. The van der Waals surface area contributed by atoms with Crippen LogP contribution in [0.15, 0.2) is 18.2 Å². The quantitative estimate of drug-likeness (QED) is 0.905. The van der Waals surface area contributed by atoms with E-state index in [-0.39, 0.29) is 5.60 Å². The number of rotatable bonds is 4. The van der Waals surface area contributed by atoms with Crippen molar-refractivity contribution in [2.75, 3.05) is 6.54 Å². The lowest BCUT2D eigenvalue weighted by molar-refractivity contribution is 0.138. The normalized spacial score (nSPS) is 32.2. The molecule has 21 heavy (non-hydrogen) atoms. The van der Waals surface area contributed by atoms with Gasteiger partial charge in [-0.15, -0.1) is 0 Å². The van der Waals surface area contributed by atoms with Gasteiger partial charge in [0, 0.05) is 13.0 Å². The predicted octanol–water partition coefficient (Wildman–Crippen LogP) is 3.93. The monoisotopic (exact) mass is 285 g/mol. The van der Waals surface area contributed by atoms with E-state index in [2.05, 4.69) is 37.4 Å². The number of benzene rings is 1. The van der Waals surface area contributed by atoms with E-state index in [9.17, 15) is 0 Å². The Morgan fingerprint density at radius 3 is 2.90 bits per heavy atom. The molecule has 0 amide bonds. The van der Waals surface area contributed by atoms with Crippen LogP contribution in [-0.4, -0.2) is 12.1 Å². The highest BCUT2D eigenvalue weighted by Crippen LogP contribution is 2.47. The van der Waals surface area contributed by atoms with Crippen LogP contribution in [0.3, 0.4) is 0 Å². The second kappa shape index (κ2) is 5.01. The van der Waals surface area contributed by atoms with Gasteiger partial charge in [-0.3, -0.25) is 0 Å². The molecule has 114 valence electrons. The minimum Gasteiger partial charge on any atom is -0.487 e. The highest BCUT2D eigenvalue weighted by Gasteiger charge is 2.38. The molecule has 2 fully saturated rings. The molecule has 2 saturated carbocycles. The highest BCUT2D eigenvalue weighted by molar-refractivity contribution is 5.41. The number of hydrogen-bond donors (Lipinski definition) is 1. The molecule has 2 aliphatic carbocycles. The molecule has 3 aliphatic rings. The van der Waals surface area contributed by atoms with E-state index in [1.54, 1.807) is 0 Å². The van der Waals surface area contributed by atoms with Gasteiger partial charge in [0.15, 0.2) is 0 Å². The molecule has 1 N–H and O–H groups in total. The average molecular weight is 285 g/mol. The zero-order chi connectivity index (χ0) is 14.4. The van der Waals surface area contributed by atoms with Crippen LogP contribution in [0.5, 0.6) is 5.75 Å². The summed E-state index contributed by atoms with van der Waals surface area (Å²) >= 11 is 0. The van der Waals surface area contributed by atoms with Gasteiger partial charge in [-0.1, -0.05) is 18.6 Å². The second-order valence-electron chi connectivity index (χ2n) is 8.05.